The topological polar surface area (TPSA) is 75.4 Å². The largest absolute Gasteiger partial charge is 0.435 e. The Balaban J connectivity index is 1.78. The average molecular weight is 440 g/mol. The highest BCUT2D eigenvalue weighted by atomic mass is 35.5. The monoisotopic (exact) mass is 439 g/mol. The summed E-state index contributed by atoms with van der Waals surface area (Å²) in [4.78, 5) is 30.9. The molecule has 162 valence electrons. The summed E-state index contributed by atoms with van der Waals surface area (Å²) in [6.45, 7) is 4.41. The number of nitrogens with zero attached hydrogens (tertiary/aromatic N) is 5. The number of anilines is 1. The number of carbonyl (C=O) groups excluding carboxylic acids is 1. The highest BCUT2D eigenvalue weighted by Crippen LogP contribution is 2.38. The van der Waals surface area contributed by atoms with Crippen LogP contribution in [-0.4, -0.2) is 46.4 Å². The Morgan fingerprint density at radius 1 is 1.32 bits per heavy atom. The van der Waals surface area contributed by atoms with E-state index in [1.54, 1.807) is 0 Å². The lowest BCUT2D eigenvalue weighted by Crippen LogP contribution is -2.32. The van der Waals surface area contributed by atoms with Crippen molar-refractivity contribution in [2.75, 3.05) is 25.5 Å². The molecule has 0 aliphatic carbocycles. The number of aromatic nitrogens is 3. The fraction of sp³-hybridized carbons (Fsp3) is 0.391. The first-order valence-electron chi connectivity index (χ1n) is 10.5. The van der Waals surface area contributed by atoms with Gasteiger partial charge in [0.25, 0.3) is 5.91 Å². The molecule has 1 aromatic carbocycles. The van der Waals surface area contributed by atoms with Crippen LogP contribution in [0.25, 0.3) is 11.1 Å². The van der Waals surface area contributed by atoms with Gasteiger partial charge in [-0.25, -0.2) is 15.0 Å². The number of carbonyl (C=O) groups is 1. The van der Waals surface area contributed by atoms with Gasteiger partial charge in [-0.05, 0) is 37.5 Å². The Morgan fingerprint density at radius 2 is 2.13 bits per heavy atom. The molecule has 7 nitrogen and oxygen atoms in total. The summed E-state index contributed by atoms with van der Waals surface area (Å²) in [7, 11) is 3.81. The quantitative estimate of drug-likeness (QED) is 0.573. The maximum Gasteiger partial charge on any atom is 0.292 e. The molecular weight excluding hydrogens is 414 g/mol. The molecule has 4 rings (SSSR count). The lowest BCUT2D eigenvalue weighted by atomic mass is 9.99. The summed E-state index contributed by atoms with van der Waals surface area (Å²) in [6.07, 6.45) is 4.17. The molecule has 1 fully saturated rings. The molecule has 1 saturated heterocycles. The third-order valence-corrected chi connectivity index (χ3v) is 5.74. The molecule has 2 aromatic heterocycles. The zero-order chi connectivity index (χ0) is 22.1. The maximum absolute atomic E-state index is 13.4. The standard InChI is InChI=1S/C23H26ClN5O2/c1-5-19-26-14(2)21(31-19)22(30)29-11-7-10-18(29)20-17(13-25-23(27-20)28(3)4)15-8-6-9-16(24)12-15/h6,8-9,12-13,18H,5,7,10-11H2,1-4H3/t18-/m1/s1. The number of hydrogen-bond acceptors (Lipinski definition) is 6. The van der Waals surface area contributed by atoms with Crippen LogP contribution < -0.4 is 4.90 Å². The van der Waals surface area contributed by atoms with Gasteiger partial charge in [0.15, 0.2) is 5.89 Å². The highest BCUT2D eigenvalue weighted by Gasteiger charge is 2.36. The van der Waals surface area contributed by atoms with Gasteiger partial charge >= 0.3 is 0 Å². The first-order chi connectivity index (χ1) is 14.9. The van der Waals surface area contributed by atoms with Crippen molar-refractivity contribution in [2.24, 2.45) is 0 Å². The zero-order valence-electron chi connectivity index (χ0n) is 18.2. The number of aryl methyl sites for hydroxylation is 2. The van der Waals surface area contributed by atoms with Crippen LogP contribution >= 0.6 is 11.6 Å². The van der Waals surface area contributed by atoms with Crippen LogP contribution in [0, 0.1) is 6.92 Å². The Hall–Kier alpha value is -2.93. The summed E-state index contributed by atoms with van der Waals surface area (Å²) >= 11 is 6.25. The molecular formula is C23H26ClN5O2. The van der Waals surface area contributed by atoms with Gasteiger partial charge in [-0.15, -0.1) is 0 Å². The van der Waals surface area contributed by atoms with Gasteiger partial charge < -0.3 is 14.2 Å². The molecule has 0 bridgehead atoms. The van der Waals surface area contributed by atoms with Crippen molar-refractivity contribution in [3.05, 3.63) is 58.5 Å². The van der Waals surface area contributed by atoms with Gasteiger partial charge in [0.05, 0.1) is 17.4 Å². The zero-order valence-corrected chi connectivity index (χ0v) is 19.0. The van der Waals surface area contributed by atoms with Gasteiger partial charge in [0.1, 0.15) is 0 Å². The van der Waals surface area contributed by atoms with Crippen LogP contribution in [0.2, 0.25) is 5.02 Å². The molecule has 0 spiro atoms. The first-order valence-corrected chi connectivity index (χ1v) is 10.8. The minimum Gasteiger partial charge on any atom is -0.435 e. The van der Waals surface area contributed by atoms with Crippen LogP contribution in [-0.2, 0) is 6.42 Å². The predicted octanol–water partition coefficient (Wildman–Crippen LogP) is 4.70. The van der Waals surface area contributed by atoms with Crippen LogP contribution in [0.5, 0.6) is 0 Å². The second-order valence-corrected chi connectivity index (χ2v) is 8.34. The number of oxazole rings is 1. The van der Waals surface area contributed by atoms with Gasteiger partial charge in [-0.1, -0.05) is 30.7 Å². The Labute approximate surface area is 187 Å². The third-order valence-electron chi connectivity index (χ3n) is 5.51. The highest BCUT2D eigenvalue weighted by molar-refractivity contribution is 6.30. The molecule has 1 atom stereocenters. The number of halogens is 1. The maximum atomic E-state index is 13.4. The van der Waals surface area contributed by atoms with Crippen LogP contribution in [0.15, 0.2) is 34.9 Å². The number of hydrogen-bond donors (Lipinski definition) is 0. The minimum absolute atomic E-state index is 0.144. The second kappa shape index (κ2) is 8.67. The molecule has 8 heteroatoms. The SMILES string of the molecule is CCc1nc(C)c(C(=O)N2CCC[C@@H]2c2nc(N(C)C)ncc2-c2cccc(Cl)c2)o1. The van der Waals surface area contributed by atoms with E-state index in [9.17, 15) is 4.79 Å². The van der Waals surface area contributed by atoms with E-state index in [1.807, 2.05) is 68.2 Å². The van der Waals surface area contributed by atoms with Gasteiger partial charge in [-0.2, -0.15) is 0 Å². The van der Waals surface area contributed by atoms with E-state index < -0.39 is 0 Å². The van der Waals surface area contributed by atoms with E-state index in [0.717, 1.165) is 29.7 Å². The number of rotatable bonds is 5. The summed E-state index contributed by atoms with van der Waals surface area (Å²) in [5, 5.41) is 0.642. The third kappa shape index (κ3) is 4.14. The van der Waals surface area contributed by atoms with Crippen molar-refractivity contribution in [3.8, 4) is 11.1 Å². The molecule has 0 unspecified atom stereocenters. The molecule has 3 heterocycles. The van der Waals surface area contributed by atoms with E-state index in [-0.39, 0.29) is 11.9 Å². The second-order valence-electron chi connectivity index (χ2n) is 7.91. The van der Waals surface area contributed by atoms with E-state index in [1.165, 1.54) is 0 Å². The van der Waals surface area contributed by atoms with Crippen molar-refractivity contribution >= 4 is 23.5 Å². The summed E-state index contributed by atoms with van der Waals surface area (Å²) in [5.74, 6) is 1.35. The van der Waals surface area contributed by atoms with E-state index >= 15 is 0 Å². The lowest BCUT2D eigenvalue weighted by molar-refractivity contribution is 0.0698. The average Bonchev–Trinajstić information content (AvgIpc) is 3.39. The van der Waals surface area contributed by atoms with Crippen molar-refractivity contribution in [1.82, 2.24) is 19.9 Å². The number of benzene rings is 1. The van der Waals surface area contributed by atoms with E-state index in [4.69, 9.17) is 21.0 Å². The Morgan fingerprint density at radius 3 is 2.81 bits per heavy atom. The first kappa shape index (κ1) is 21.3. The van der Waals surface area contributed by atoms with Crippen LogP contribution in [0.1, 0.15) is 53.6 Å². The number of amides is 1. The van der Waals surface area contributed by atoms with Crippen LogP contribution in [0.3, 0.4) is 0 Å². The van der Waals surface area contributed by atoms with Gasteiger partial charge in [-0.3, -0.25) is 4.79 Å². The Bertz CT molecular complexity index is 1110. The molecule has 31 heavy (non-hydrogen) atoms. The molecule has 3 aromatic rings. The van der Waals surface area contributed by atoms with Gasteiger partial charge in [0.2, 0.25) is 11.7 Å². The van der Waals surface area contributed by atoms with Crippen LogP contribution in [0.4, 0.5) is 5.95 Å². The van der Waals surface area contributed by atoms with E-state index in [2.05, 4.69) is 9.97 Å². The normalized spacial score (nSPS) is 16.0. The number of likely N-dealkylation sites (tertiary alicyclic amines) is 1. The lowest BCUT2D eigenvalue weighted by Gasteiger charge is -2.26. The predicted molar refractivity (Wildman–Crippen MR) is 120 cm³/mol. The smallest absolute Gasteiger partial charge is 0.292 e. The molecule has 1 amide bonds. The van der Waals surface area contributed by atoms with Crippen molar-refractivity contribution < 1.29 is 9.21 Å². The molecule has 0 saturated carbocycles. The Kier molecular flexibility index (Phi) is 5.96. The van der Waals surface area contributed by atoms with E-state index in [0.29, 0.717) is 41.3 Å². The fourth-order valence-electron chi connectivity index (χ4n) is 3.96. The van der Waals surface area contributed by atoms with Crippen molar-refractivity contribution in [3.63, 3.8) is 0 Å². The molecule has 1 aliphatic heterocycles. The summed E-state index contributed by atoms with van der Waals surface area (Å²) < 4.78 is 5.75. The minimum atomic E-state index is -0.183. The molecule has 1 aliphatic rings. The van der Waals surface area contributed by atoms with Crippen molar-refractivity contribution in [1.29, 1.82) is 0 Å². The van der Waals surface area contributed by atoms with Gasteiger partial charge in [0, 0.05) is 43.8 Å². The fourth-order valence-corrected chi connectivity index (χ4v) is 4.15. The summed E-state index contributed by atoms with van der Waals surface area (Å²) in [5.41, 5.74) is 3.25. The summed E-state index contributed by atoms with van der Waals surface area (Å²) in [6, 6.07) is 7.44. The van der Waals surface area contributed by atoms with Crippen molar-refractivity contribution in [2.45, 2.75) is 39.2 Å². The molecule has 0 radical (unpaired) electrons. The molecule has 0 N–H and O–H groups in total.